The number of aryl methyl sites for hydroxylation is 1. The lowest BCUT2D eigenvalue weighted by Gasteiger charge is -2.05. The van der Waals surface area contributed by atoms with Gasteiger partial charge in [0.25, 0.3) is 0 Å². The fourth-order valence-electron chi connectivity index (χ4n) is 2.35. The first-order valence-electron chi connectivity index (χ1n) is 6.03. The number of nitrogens with zero attached hydrogens (tertiary/aromatic N) is 2. The van der Waals surface area contributed by atoms with Gasteiger partial charge in [-0.05, 0) is 12.1 Å². The zero-order valence-electron chi connectivity index (χ0n) is 11.0. The Balaban J connectivity index is 2.21. The van der Waals surface area contributed by atoms with E-state index in [0.717, 1.165) is 22.3 Å². The van der Waals surface area contributed by atoms with E-state index in [1.54, 1.807) is 7.11 Å². The number of methoxy groups -OCH3 is 1. The van der Waals surface area contributed by atoms with Gasteiger partial charge in [0, 0.05) is 18.5 Å². The second kappa shape index (κ2) is 4.41. The van der Waals surface area contributed by atoms with Crippen LogP contribution in [0.5, 0.6) is 5.75 Å². The van der Waals surface area contributed by atoms with E-state index >= 15 is 0 Å². The van der Waals surface area contributed by atoms with Crippen molar-refractivity contribution in [1.82, 2.24) is 14.8 Å². The number of hydrogen-bond acceptors (Lipinski definition) is 3. The van der Waals surface area contributed by atoms with E-state index in [4.69, 9.17) is 9.84 Å². The summed E-state index contributed by atoms with van der Waals surface area (Å²) in [4.78, 5) is 10.9. The number of hydrogen-bond donors (Lipinski definition) is 2. The summed E-state index contributed by atoms with van der Waals surface area (Å²) >= 11 is 0. The molecule has 0 radical (unpaired) electrons. The number of H-pyrrole nitrogens is 1. The predicted molar refractivity (Wildman–Crippen MR) is 74.0 cm³/mol. The SMILES string of the molecule is COc1cccc2cc(-c3cc(C(=O)O)[nH]n3)n(C)c12. The topological polar surface area (TPSA) is 80.1 Å². The third-order valence-electron chi connectivity index (χ3n) is 3.31. The van der Waals surface area contributed by atoms with Crippen LogP contribution in [0.25, 0.3) is 22.3 Å². The molecule has 0 amide bonds. The van der Waals surface area contributed by atoms with Crippen LogP contribution in [0.4, 0.5) is 0 Å². The first-order valence-corrected chi connectivity index (χ1v) is 6.03. The van der Waals surface area contributed by atoms with Gasteiger partial charge in [-0.1, -0.05) is 12.1 Å². The molecule has 0 atom stereocenters. The molecule has 1 aromatic carbocycles. The Hall–Kier alpha value is -2.76. The largest absolute Gasteiger partial charge is 0.495 e. The summed E-state index contributed by atoms with van der Waals surface area (Å²) in [6, 6.07) is 9.26. The number of aromatic carboxylic acids is 1. The van der Waals surface area contributed by atoms with Crippen molar-refractivity contribution in [2.45, 2.75) is 0 Å². The highest BCUT2D eigenvalue weighted by Gasteiger charge is 2.15. The van der Waals surface area contributed by atoms with Crippen LogP contribution in [0, 0.1) is 0 Å². The van der Waals surface area contributed by atoms with Crippen LogP contribution in [-0.4, -0.2) is 33.0 Å². The van der Waals surface area contributed by atoms with E-state index in [1.165, 1.54) is 6.07 Å². The van der Waals surface area contributed by atoms with Gasteiger partial charge in [-0.3, -0.25) is 5.10 Å². The highest BCUT2D eigenvalue weighted by atomic mass is 16.5. The number of carboxylic acids is 1. The zero-order valence-corrected chi connectivity index (χ0v) is 11.0. The lowest BCUT2D eigenvalue weighted by atomic mass is 10.2. The first kappa shape index (κ1) is 12.3. The molecule has 6 heteroatoms. The number of aromatic nitrogens is 3. The van der Waals surface area contributed by atoms with Gasteiger partial charge in [0.2, 0.25) is 0 Å². The molecule has 3 aromatic rings. The maximum atomic E-state index is 10.9. The van der Waals surface area contributed by atoms with Gasteiger partial charge in [-0.25, -0.2) is 4.79 Å². The fraction of sp³-hybridized carbons (Fsp3) is 0.143. The van der Waals surface area contributed by atoms with E-state index < -0.39 is 5.97 Å². The van der Waals surface area contributed by atoms with E-state index in [2.05, 4.69) is 10.2 Å². The molecule has 0 spiro atoms. The maximum Gasteiger partial charge on any atom is 0.353 e. The minimum atomic E-state index is -1.03. The minimum Gasteiger partial charge on any atom is -0.495 e. The molecule has 2 heterocycles. The molecule has 0 aliphatic heterocycles. The summed E-state index contributed by atoms with van der Waals surface area (Å²) in [7, 11) is 3.52. The van der Waals surface area contributed by atoms with E-state index in [1.807, 2.05) is 35.9 Å². The molecule has 0 fully saturated rings. The van der Waals surface area contributed by atoms with Crippen molar-refractivity contribution < 1.29 is 14.6 Å². The Kier molecular flexibility index (Phi) is 2.71. The summed E-state index contributed by atoms with van der Waals surface area (Å²) in [5.74, 6) is -0.259. The van der Waals surface area contributed by atoms with Gasteiger partial charge in [-0.15, -0.1) is 0 Å². The van der Waals surface area contributed by atoms with E-state index in [-0.39, 0.29) is 5.69 Å². The molecule has 2 aromatic heterocycles. The number of benzene rings is 1. The predicted octanol–water partition coefficient (Wildman–Crippen LogP) is 2.28. The standard InChI is InChI=1S/C14H13N3O3/c1-17-11(9-7-10(14(18)19)16-15-9)6-8-4-3-5-12(20-2)13(8)17/h3-7H,1-2H3,(H,15,16)(H,18,19). The monoisotopic (exact) mass is 271 g/mol. The molecule has 3 rings (SSSR count). The maximum absolute atomic E-state index is 10.9. The van der Waals surface area contributed by atoms with Gasteiger partial charge in [0.15, 0.2) is 0 Å². The third kappa shape index (κ3) is 1.73. The van der Waals surface area contributed by atoms with Gasteiger partial charge in [0.05, 0.1) is 18.3 Å². The fourth-order valence-corrected chi connectivity index (χ4v) is 2.35. The molecule has 6 nitrogen and oxygen atoms in total. The molecule has 0 saturated carbocycles. The summed E-state index contributed by atoms with van der Waals surface area (Å²) in [6.45, 7) is 0. The molecule has 0 saturated heterocycles. The number of nitrogens with one attached hydrogen (secondary N) is 1. The number of ether oxygens (including phenoxy) is 1. The summed E-state index contributed by atoms with van der Waals surface area (Å²) in [5, 5.41) is 16.5. The van der Waals surface area contributed by atoms with E-state index in [9.17, 15) is 4.79 Å². The van der Waals surface area contributed by atoms with Crippen molar-refractivity contribution in [3.05, 3.63) is 36.0 Å². The number of carboxylic acid groups (broad SMARTS) is 1. The molecular weight excluding hydrogens is 258 g/mol. The Labute approximate surface area is 114 Å². The second-order valence-corrected chi connectivity index (χ2v) is 4.46. The van der Waals surface area contributed by atoms with Crippen molar-refractivity contribution in [3.63, 3.8) is 0 Å². The molecule has 2 N–H and O–H groups in total. The average Bonchev–Trinajstić information content (AvgIpc) is 3.03. The number of para-hydroxylation sites is 1. The van der Waals surface area contributed by atoms with Crippen LogP contribution in [0.3, 0.4) is 0 Å². The molecule has 0 aliphatic rings. The summed E-state index contributed by atoms with van der Waals surface area (Å²) < 4.78 is 7.30. The molecule has 0 aliphatic carbocycles. The van der Waals surface area contributed by atoms with Crippen LogP contribution in [0.15, 0.2) is 30.3 Å². The summed E-state index contributed by atoms with van der Waals surface area (Å²) in [6.07, 6.45) is 0. The van der Waals surface area contributed by atoms with Crippen molar-refractivity contribution in [1.29, 1.82) is 0 Å². The molecular formula is C14H13N3O3. The van der Waals surface area contributed by atoms with Gasteiger partial charge < -0.3 is 14.4 Å². The van der Waals surface area contributed by atoms with Crippen molar-refractivity contribution in [2.24, 2.45) is 7.05 Å². The van der Waals surface area contributed by atoms with Gasteiger partial charge in [0.1, 0.15) is 17.1 Å². The van der Waals surface area contributed by atoms with Crippen LogP contribution in [0.1, 0.15) is 10.5 Å². The Morgan fingerprint density at radius 3 is 2.85 bits per heavy atom. The average molecular weight is 271 g/mol. The highest BCUT2D eigenvalue weighted by molar-refractivity contribution is 5.92. The van der Waals surface area contributed by atoms with Crippen LogP contribution >= 0.6 is 0 Å². The van der Waals surface area contributed by atoms with Gasteiger partial charge in [-0.2, -0.15) is 5.10 Å². The second-order valence-electron chi connectivity index (χ2n) is 4.46. The van der Waals surface area contributed by atoms with Gasteiger partial charge >= 0.3 is 5.97 Å². The number of aromatic amines is 1. The first-order chi connectivity index (χ1) is 9.61. The number of rotatable bonds is 3. The lowest BCUT2D eigenvalue weighted by Crippen LogP contribution is -1.95. The number of fused-ring (bicyclic) bond motifs is 1. The smallest absolute Gasteiger partial charge is 0.353 e. The molecule has 0 unspecified atom stereocenters. The molecule has 0 bridgehead atoms. The highest BCUT2D eigenvalue weighted by Crippen LogP contribution is 2.32. The summed E-state index contributed by atoms with van der Waals surface area (Å²) in [5.41, 5.74) is 2.43. The minimum absolute atomic E-state index is 0.0669. The van der Waals surface area contributed by atoms with Crippen molar-refractivity contribution in [3.8, 4) is 17.1 Å². The molecule has 102 valence electrons. The normalized spacial score (nSPS) is 10.9. The quantitative estimate of drug-likeness (QED) is 0.765. The lowest BCUT2D eigenvalue weighted by molar-refractivity contribution is 0.0690. The Morgan fingerprint density at radius 2 is 2.20 bits per heavy atom. The Bertz CT molecular complexity index is 801. The van der Waals surface area contributed by atoms with Crippen LogP contribution < -0.4 is 4.74 Å². The van der Waals surface area contributed by atoms with E-state index in [0.29, 0.717) is 5.69 Å². The third-order valence-corrected chi connectivity index (χ3v) is 3.31. The Morgan fingerprint density at radius 1 is 1.40 bits per heavy atom. The van der Waals surface area contributed by atoms with Crippen molar-refractivity contribution >= 4 is 16.9 Å². The number of carbonyl (C=O) groups is 1. The van der Waals surface area contributed by atoms with Crippen LogP contribution in [0.2, 0.25) is 0 Å². The van der Waals surface area contributed by atoms with Crippen LogP contribution in [-0.2, 0) is 7.05 Å². The molecule has 20 heavy (non-hydrogen) atoms. The van der Waals surface area contributed by atoms with Crippen molar-refractivity contribution in [2.75, 3.05) is 7.11 Å². The zero-order chi connectivity index (χ0) is 14.3.